The molecule has 2 aromatic carbocycles. The van der Waals surface area contributed by atoms with Gasteiger partial charge in [-0.3, -0.25) is 14.9 Å². The van der Waals surface area contributed by atoms with Gasteiger partial charge in [0.05, 0.1) is 10.5 Å². The van der Waals surface area contributed by atoms with Gasteiger partial charge in [-0.1, -0.05) is 12.1 Å². The predicted octanol–water partition coefficient (Wildman–Crippen LogP) is 4.19. The van der Waals surface area contributed by atoms with Crippen LogP contribution in [-0.4, -0.2) is 20.3 Å². The van der Waals surface area contributed by atoms with Crippen LogP contribution < -0.4 is 5.32 Å². The number of imidazole rings is 1. The number of aryl methyl sites for hydroxylation is 1. The molecular formula is C19H15F3N4O3. The molecule has 0 saturated carbocycles. The average Bonchev–Trinajstić information content (AvgIpc) is 3.11. The first-order valence-corrected chi connectivity index (χ1v) is 8.37. The average molecular weight is 404 g/mol. The zero-order chi connectivity index (χ0) is 21.2. The second kappa shape index (κ2) is 7.74. The lowest BCUT2D eigenvalue weighted by Crippen LogP contribution is -2.10. The van der Waals surface area contributed by atoms with E-state index in [1.165, 1.54) is 35.0 Å². The maximum Gasteiger partial charge on any atom is 0.416 e. The summed E-state index contributed by atoms with van der Waals surface area (Å²) in [5.74, 6) is -0.320. The topological polar surface area (TPSA) is 90.1 Å². The van der Waals surface area contributed by atoms with Crippen molar-refractivity contribution < 1.29 is 22.9 Å². The Morgan fingerprint density at radius 2 is 1.90 bits per heavy atom. The number of anilines is 1. The number of carbonyl (C=O) groups excluding carboxylic acids is 1. The SMILES string of the molecule is Cn1ccnc1C(=O)c1ccc(NCc2ccc(C(F)(F)F)cc2)c([N+](=O)[O-])c1. The highest BCUT2D eigenvalue weighted by atomic mass is 19.4. The minimum Gasteiger partial charge on any atom is -0.375 e. The van der Waals surface area contributed by atoms with E-state index in [0.29, 0.717) is 5.56 Å². The first-order chi connectivity index (χ1) is 13.7. The number of nitro groups is 1. The molecule has 150 valence electrons. The van der Waals surface area contributed by atoms with Gasteiger partial charge in [0, 0.05) is 37.6 Å². The summed E-state index contributed by atoms with van der Waals surface area (Å²) in [4.78, 5) is 27.2. The molecule has 1 N–H and O–H groups in total. The Kier molecular flexibility index (Phi) is 5.35. The van der Waals surface area contributed by atoms with Crippen LogP contribution in [0, 0.1) is 10.1 Å². The third-order valence-corrected chi connectivity index (χ3v) is 4.25. The fourth-order valence-electron chi connectivity index (χ4n) is 2.70. The zero-order valence-electron chi connectivity index (χ0n) is 15.1. The Labute approximate surface area is 163 Å². The third kappa shape index (κ3) is 4.42. The van der Waals surface area contributed by atoms with E-state index in [1.807, 2.05) is 0 Å². The van der Waals surface area contributed by atoms with Crippen LogP contribution in [0.2, 0.25) is 0 Å². The maximum absolute atomic E-state index is 12.6. The molecule has 0 radical (unpaired) electrons. The molecule has 10 heteroatoms. The summed E-state index contributed by atoms with van der Waals surface area (Å²) in [6.45, 7) is 0.0750. The van der Waals surface area contributed by atoms with E-state index in [0.717, 1.165) is 18.2 Å². The van der Waals surface area contributed by atoms with E-state index in [2.05, 4.69) is 10.3 Å². The lowest BCUT2D eigenvalue weighted by atomic mass is 10.1. The van der Waals surface area contributed by atoms with E-state index in [-0.39, 0.29) is 29.3 Å². The first kappa shape index (κ1) is 20.1. The molecule has 0 bridgehead atoms. The van der Waals surface area contributed by atoms with Crippen molar-refractivity contribution in [2.24, 2.45) is 7.05 Å². The summed E-state index contributed by atoms with van der Waals surface area (Å²) >= 11 is 0. The summed E-state index contributed by atoms with van der Waals surface area (Å²) < 4.78 is 39.4. The van der Waals surface area contributed by atoms with E-state index >= 15 is 0 Å². The number of nitrogens with one attached hydrogen (secondary N) is 1. The lowest BCUT2D eigenvalue weighted by molar-refractivity contribution is -0.384. The van der Waals surface area contributed by atoms with Crippen molar-refractivity contribution in [3.05, 3.63) is 87.5 Å². The lowest BCUT2D eigenvalue weighted by Gasteiger charge is -2.10. The number of hydrogen-bond donors (Lipinski definition) is 1. The molecule has 0 saturated heterocycles. The monoisotopic (exact) mass is 404 g/mol. The van der Waals surface area contributed by atoms with Crippen LogP contribution in [0.1, 0.15) is 27.3 Å². The number of nitro benzene ring substituents is 1. The molecule has 0 aliphatic heterocycles. The molecule has 0 aliphatic carbocycles. The Hall–Kier alpha value is -3.69. The van der Waals surface area contributed by atoms with E-state index in [4.69, 9.17) is 0 Å². The van der Waals surface area contributed by atoms with Gasteiger partial charge >= 0.3 is 6.18 Å². The molecule has 0 unspecified atom stereocenters. The highest BCUT2D eigenvalue weighted by molar-refractivity contribution is 6.07. The predicted molar refractivity (Wildman–Crippen MR) is 98.5 cm³/mol. The van der Waals surface area contributed by atoms with Gasteiger partial charge in [0.2, 0.25) is 5.78 Å². The van der Waals surface area contributed by atoms with Gasteiger partial charge in [0.25, 0.3) is 5.69 Å². The van der Waals surface area contributed by atoms with Crippen molar-refractivity contribution >= 4 is 17.2 Å². The Bertz CT molecular complexity index is 1060. The van der Waals surface area contributed by atoms with Gasteiger partial charge in [-0.25, -0.2) is 4.98 Å². The Morgan fingerprint density at radius 3 is 2.45 bits per heavy atom. The van der Waals surface area contributed by atoms with Gasteiger partial charge in [0.1, 0.15) is 5.69 Å². The molecule has 7 nitrogen and oxygen atoms in total. The highest BCUT2D eigenvalue weighted by Crippen LogP contribution is 2.30. The summed E-state index contributed by atoms with van der Waals surface area (Å²) in [5, 5.41) is 14.3. The number of ketones is 1. The summed E-state index contributed by atoms with van der Waals surface area (Å²) in [6.07, 6.45) is -1.40. The van der Waals surface area contributed by atoms with Crippen LogP contribution in [0.3, 0.4) is 0 Å². The van der Waals surface area contributed by atoms with Crippen molar-refractivity contribution in [3.63, 3.8) is 0 Å². The van der Waals surface area contributed by atoms with Crippen LogP contribution in [-0.2, 0) is 19.8 Å². The molecule has 1 heterocycles. The first-order valence-electron chi connectivity index (χ1n) is 8.37. The number of benzene rings is 2. The van der Waals surface area contributed by atoms with Crippen molar-refractivity contribution in [1.82, 2.24) is 9.55 Å². The number of nitrogens with zero attached hydrogens (tertiary/aromatic N) is 3. The quantitative estimate of drug-likeness (QED) is 0.378. The Balaban J connectivity index is 1.80. The van der Waals surface area contributed by atoms with Gasteiger partial charge in [-0.15, -0.1) is 0 Å². The molecule has 3 rings (SSSR count). The van der Waals surface area contributed by atoms with E-state index < -0.39 is 22.4 Å². The molecule has 0 atom stereocenters. The number of hydrogen-bond acceptors (Lipinski definition) is 5. The highest BCUT2D eigenvalue weighted by Gasteiger charge is 2.30. The molecule has 0 amide bonds. The summed E-state index contributed by atoms with van der Waals surface area (Å²) in [7, 11) is 1.63. The van der Waals surface area contributed by atoms with Crippen molar-refractivity contribution in [3.8, 4) is 0 Å². The maximum atomic E-state index is 12.6. The molecule has 1 aromatic heterocycles. The molecule has 0 aliphatic rings. The molecular weight excluding hydrogens is 389 g/mol. The van der Waals surface area contributed by atoms with Crippen LogP contribution in [0.15, 0.2) is 54.9 Å². The fourth-order valence-corrected chi connectivity index (χ4v) is 2.70. The normalized spacial score (nSPS) is 11.3. The van der Waals surface area contributed by atoms with Crippen LogP contribution in [0.25, 0.3) is 0 Å². The minimum atomic E-state index is -4.43. The summed E-state index contributed by atoms with van der Waals surface area (Å²) in [6, 6.07) is 8.44. The molecule has 0 spiro atoms. The fraction of sp³-hybridized carbons (Fsp3) is 0.158. The van der Waals surface area contributed by atoms with Gasteiger partial charge < -0.3 is 9.88 Å². The largest absolute Gasteiger partial charge is 0.416 e. The number of carbonyl (C=O) groups is 1. The molecule has 29 heavy (non-hydrogen) atoms. The van der Waals surface area contributed by atoms with Gasteiger partial charge in [0.15, 0.2) is 5.82 Å². The van der Waals surface area contributed by atoms with E-state index in [1.54, 1.807) is 13.2 Å². The van der Waals surface area contributed by atoms with Crippen LogP contribution in [0.4, 0.5) is 24.5 Å². The number of alkyl halides is 3. The molecule has 3 aromatic rings. The Morgan fingerprint density at radius 1 is 1.21 bits per heavy atom. The van der Waals surface area contributed by atoms with Gasteiger partial charge in [-0.05, 0) is 29.8 Å². The second-order valence-corrected chi connectivity index (χ2v) is 6.23. The van der Waals surface area contributed by atoms with Gasteiger partial charge in [-0.2, -0.15) is 13.2 Å². The van der Waals surface area contributed by atoms with Crippen molar-refractivity contribution in [2.45, 2.75) is 12.7 Å². The zero-order valence-corrected chi connectivity index (χ0v) is 15.1. The van der Waals surface area contributed by atoms with E-state index in [9.17, 15) is 28.1 Å². The standard InChI is InChI=1S/C19H15F3N4O3/c1-25-9-8-23-18(25)17(27)13-4-7-15(16(10-13)26(28)29)24-11-12-2-5-14(6-3-12)19(20,21)22/h2-10,24H,11H2,1H3. The molecule has 0 fully saturated rings. The third-order valence-electron chi connectivity index (χ3n) is 4.25. The smallest absolute Gasteiger partial charge is 0.375 e. The van der Waals surface area contributed by atoms with Crippen LogP contribution >= 0.6 is 0 Å². The number of rotatable bonds is 6. The number of halogens is 3. The second-order valence-electron chi connectivity index (χ2n) is 6.23. The van der Waals surface area contributed by atoms with Crippen molar-refractivity contribution in [1.29, 1.82) is 0 Å². The summed E-state index contributed by atoms with van der Waals surface area (Å²) in [5.41, 5.74) is -0.334. The minimum absolute atomic E-state index is 0.0750. The number of aromatic nitrogens is 2. The van der Waals surface area contributed by atoms with Crippen LogP contribution in [0.5, 0.6) is 0 Å². The van der Waals surface area contributed by atoms with Crippen molar-refractivity contribution in [2.75, 3.05) is 5.32 Å².